The molecule has 1 aliphatic heterocycles. The van der Waals surface area contributed by atoms with Gasteiger partial charge in [-0.25, -0.2) is 9.78 Å². The fourth-order valence-corrected chi connectivity index (χ4v) is 4.09. The van der Waals surface area contributed by atoms with Gasteiger partial charge in [-0.15, -0.1) is 0 Å². The molecule has 7 heteroatoms. The molecule has 4 aromatic rings. The van der Waals surface area contributed by atoms with Gasteiger partial charge in [-0.3, -0.25) is 4.79 Å². The fraction of sp³-hybridized carbons (Fsp3) is 0.192. The maximum absolute atomic E-state index is 12.2. The topological polar surface area (TPSA) is 88.1 Å². The first-order valence-electron chi connectivity index (χ1n) is 11.0. The number of carbonyl (C=O) groups is 2. The van der Waals surface area contributed by atoms with E-state index in [2.05, 4.69) is 43.7 Å². The number of carbonyl (C=O) groups excluding carboxylic acids is 2. The van der Waals surface area contributed by atoms with Crippen LogP contribution in [0.4, 0.5) is 4.79 Å². The van der Waals surface area contributed by atoms with Gasteiger partial charge < -0.3 is 20.5 Å². The molecule has 1 aromatic heterocycles. The Bertz CT molecular complexity index is 1310. The normalized spacial score (nSPS) is 12.8. The highest BCUT2D eigenvalue weighted by atomic mass is 16.2. The number of imidazole rings is 1. The van der Waals surface area contributed by atoms with Crippen molar-refractivity contribution in [3.63, 3.8) is 0 Å². The maximum atomic E-state index is 12.2. The molecule has 0 bridgehead atoms. The number of benzene rings is 3. The molecule has 33 heavy (non-hydrogen) atoms. The number of amides is 3. The van der Waals surface area contributed by atoms with Crippen LogP contribution >= 0.6 is 0 Å². The Labute approximate surface area is 191 Å². The van der Waals surface area contributed by atoms with Gasteiger partial charge in [0.25, 0.3) is 5.91 Å². The summed E-state index contributed by atoms with van der Waals surface area (Å²) in [4.78, 5) is 28.7. The molecule has 0 saturated heterocycles. The first-order valence-corrected chi connectivity index (χ1v) is 11.0. The van der Waals surface area contributed by atoms with Gasteiger partial charge in [0.2, 0.25) is 0 Å². The van der Waals surface area contributed by atoms with Crippen LogP contribution < -0.4 is 16.0 Å². The van der Waals surface area contributed by atoms with Gasteiger partial charge in [-0.1, -0.05) is 48.5 Å². The summed E-state index contributed by atoms with van der Waals surface area (Å²) in [7, 11) is 0. The van der Waals surface area contributed by atoms with E-state index in [1.54, 1.807) is 0 Å². The van der Waals surface area contributed by atoms with Crippen LogP contribution in [-0.4, -0.2) is 28.0 Å². The molecule has 166 valence electrons. The number of fused-ring (bicyclic) bond motifs is 2. The van der Waals surface area contributed by atoms with E-state index in [4.69, 9.17) is 0 Å². The minimum Gasteiger partial charge on any atom is -0.352 e. The third-order valence-corrected chi connectivity index (χ3v) is 5.91. The Kier molecular flexibility index (Phi) is 5.76. The first-order chi connectivity index (χ1) is 16.2. The number of urea groups is 1. The zero-order chi connectivity index (χ0) is 22.6. The summed E-state index contributed by atoms with van der Waals surface area (Å²) >= 11 is 0. The fourth-order valence-electron chi connectivity index (χ4n) is 4.09. The average molecular weight is 440 g/mol. The average Bonchev–Trinajstić information content (AvgIpc) is 3.25. The van der Waals surface area contributed by atoms with E-state index >= 15 is 0 Å². The lowest BCUT2D eigenvalue weighted by Crippen LogP contribution is -2.35. The van der Waals surface area contributed by atoms with Crippen molar-refractivity contribution in [3.8, 4) is 0 Å². The molecule has 0 radical (unpaired) electrons. The zero-order valence-corrected chi connectivity index (χ0v) is 18.2. The van der Waals surface area contributed by atoms with Crippen molar-refractivity contribution >= 4 is 23.0 Å². The monoisotopic (exact) mass is 439 g/mol. The standard InChI is InChI=1S/C26H25N5O2/c32-25-22-13-20(9-10-21(22)11-12-27-25)15-29-26(33)28-14-18-5-7-19(8-6-18)16-31-17-30-23-3-1-2-4-24(23)31/h1-10,13,17H,11-12,14-16H2,(H,27,32)(H2,28,29,33). The molecular formula is C26H25N5O2. The van der Waals surface area contributed by atoms with Gasteiger partial charge in [0, 0.05) is 31.7 Å². The lowest BCUT2D eigenvalue weighted by molar-refractivity contribution is 0.0946. The number of aromatic nitrogens is 2. The summed E-state index contributed by atoms with van der Waals surface area (Å²) in [5.41, 5.74) is 6.94. The Balaban J connectivity index is 1.12. The molecular weight excluding hydrogens is 414 g/mol. The van der Waals surface area contributed by atoms with Crippen LogP contribution in [0.15, 0.2) is 73.1 Å². The van der Waals surface area contributed by atoms with E-state index in [0.29, 0.717) is 25.2 Å². The van der Waals surface area contributed by atoms with Crippen molar-refractivity contribution in [1.82, 2.24) is 25.5 Å². The predicted molar refractivity (Wildman–Crippen MR) is 127 cm³/mol. The number of hydrogen-bond acceptors (Lipinski definition) is 3. The van der Waals surface area contributed by atoms with E-state index in [-0.39, 0.29) is 11.9 Å². The van der Waals surface area contributed by atoms with Gasteiger partial charge in [0.1, 0.15) is 0 Å². The molecule has 3 aromatic carbocycles. The molecule has 0 saturated carbocycles. The van der Waals surface area contributed by atoms with Crippen LogP contribution in [0.3, 0.4) is 0 Å². The van der Waals surface area contributed by atoms with Gasteiger partial charge in [0.15, 0.2) is 0 Å². The Morgan fingerprint density at radius 3 is 2.52 bits per heavy atom. The lowest BCUT2D eigenvalue weighted by atomic mass is 9.98. The van der Waals surface area contributed by atoms with E-state index in [1.165, 1.54) is 5.56 Å². The molecule has 7 nitrogen and oxygen atoms in total. The maximum Gasteiger partial charge on any atom is 0.315 e. The van der Waals surface area contributed by atoms with Crippen LogP contribution in [0.2, 0.25) is 0 Å². The Hall–Kier alpha value is -4.13. The molecule has 3 amide bonds. The second kappa shape index (κ2) is 9.16. The molecule has 3 N–H and O–H groups in total. The van der Waals surface area contributed by atoms with E-state index in [0.717, 1.165) is 40.7 Å². The third-order valence-electron chi connectivity index (χ3n) is 5.91. The molecule has 5 rings (SSSR count). The van der Waals surface area contributed by atoms with Crippen LogP contribution in [0, 0.1) is 0 Å². The van der Waals surface area contributed by atoms with Crippen molar-refractivity contribution in [2.45, 2.75) is 26.1 Å². The molecule has 0 atom stereocenters. The number of nitrogens with one attached hydrogen (secondary N) is 3. The smallest absolute Gasteiger partial charge is 0.315 e. The van der Waals surface area contributed by atoms with Crippen LogP contribution in [0.5, 0.6) is 0 Å². The van der Waals surface area contributed by atoms with Crippen LogP contribution in [0.1, 0.15) is 32.6 Å². The third kappa shape index (κ3) is 4.72. The van der Waals surface area contributed by atoms with Crippen molar-refractivity contribution in [2.75, 3.05) is 6.54 Å². The minimum absolute atomic E-state index is 0.0489. The summed E-state index contributed by atoms with van der Waals surface area (Å²) in [6, 6.07) is 21.8. The molecule has 0 fully saturated rings. The molecule has 0 aliphatic carbocycles. The number of hydrogen-bond donors (Lipinski definition) is 3. The lowest BCUT2D eigenvalue weighted by Gasteiger charge is -2.17. The van der Waals surface area contributed by atoms with Crippen molar-refractivity contribution in [2.24, 2.45) is 0 Å². The number of rotatable bonds is 6. The first kappa shape index (κ1) is 20.8. The van der Waals surface area contributed by atoms with Crippen molar-refractivity contribution in [3.05, 3.63) is 101 Å². The SMILES string of the molecule is O=C(NCc1ccc(Cn2cnc3ccccc32)cc1)NCc1ccc2c(c1)C(=O)NCC2. The quantitative estimate of drug-likeness (QED) is 0.430. The second-order valence-electron chi connectivity index (χ2n) is 8.21. The summed E-state index contributed by atoms with van der Waals surface area (Å²) in [6.07, 6.45) is 2.70. The highest BCUT2D eigenvalue weighted by Crippen LogP contribution is 2.16. The molecule has 0 unspecified atom stereocenters. The summed E-state index contributed by atoms with van der Waals surface area (Å²) in [5, 5.41) is 8.59. The van der Waals surface area contributed by atoms with Crippen LogP contribution in [-0.2, 0) is 26.1 Å². The second-order valence-corrected chi connectivity index (χ2v) is 8.21. The van der Waals surface area contributed by atoms with Crippen molar-refractivity contribution in [1.29, 1.82) is 0 Å². The van der Waals surface area contributed by atoms with Crippen molar-refractivity contribution < 1.29 is 9.59 Å². The molecule has 1 aliphatic rings. The van der Waals surface area contributed by atoms with E-state index in [1.807, 2.05) is 54.9 Å². The van der Waals surface area contributed by atoms with Gasteiger partial charge >= 0.3 is 6.03 Å². The zero-order valence-electron chi connectivity index (χ0n) is 18.2. The largest absolute Gasteiger partial charge is 0.352 e. The highest BCUT2D eigenvalue weighted by molar-refractivity contribution is 5.96. The van der Waals surface area contributed by atoms with Gasteiger partial charge in [-0.2, -0.15) is 0 Å². The van der Waals surface area contributed by atoms with E-state index in [9.17, 15) is 9.59 Å². The predicted octanol–water partition coefficient (Wildman–Crippen LogP) is 3.37. The van der Waals surface area contributed by atoms with Crippen LogP contribution in [0.25, 0.3) is 11.0 Å². The molecule has 0 spiro atoms. The van der Waals surface area contributed by atoms with Gasteiger partial charge in [-0.05, 0) is 46.9 Å². The summed E-state index contributed by atoms with van der Waals surface area (Å²) in [5.74, 6) is -0.0489. The van der Waals surface area contributed by atoms with E-state index < -0.39 is 0 Å². The summed E-state index contributed by atoms with van der Waals surface area (Å²) < 4.78 is 2.13. The molecule has 2 heterocycles. The summed E-state index contributed by atoms with van der Waals surface area (Å²) in [6.45, 7) is 2.22. The Morgan fingerprint density at radius 1 is 0.939 bits per heavy atom. The number of nitrogens with zero attached hydrogens (tertiary/aromatic N) is 2. The Morgan fingerprint density at radius 2 is 1.67 bits per heavy atom. The minimum atomic E-state index is -0.244. The number of para-hydroxylation sites is 2. The highest BCUT2D eigenvalue weighted by Gasteiger charge is 2.16. The van der Waals surface area contributed by atoms with Gasteiger partial charge in [0.05, 0.1) is 17.4 Å².